The zero-order valence-corrected chi connectivity index (χ0v) is 28.2. The SMILES string of the molecule is CCC1CCC(c2ccc(-c3cnc(-c4ccc(C[C@H](NC(=O)OCc5ccccc5)C(=O)N5CC(C(=O)OC)C5)cc4)nc3)cc2)CC1. The normalized spacial score (nSPS) is 18.2. The minimum absolute atomic E-state index is 0.0838. The maximum Gasteiger partial charge on any atom is 0.408 e. The van der Waals surface area contributed by atoms with Crippen LogP contribution in [0.15, 0.2) is 91.3 Å². The number of methoxy groups -OCH3 is 1. The zero-order valence-electron chi connectivity index (χ0n) is 28.2. The van der Waals surface area contributed by atoms with E-state index in [-0.39, 0.29) is 43.9 Å². The summed E-state index contributed by atoms with van der Waals surface area (Å²) >= 11 is 0. The quantitative estimate of drug-likeness (QED) is 0.173. The summed E-state index contributed by atoms with van der Waals surface area (Å²) in [5.74, 6) is 1.16. The molecular weight excluding hydrogens is 616 g/mol. The van der Waals surface area contributed by atoms with Crippen LogP contribution in [0.1, 0.15) is 61.6 Å². The number of ether oxygens (including phenoxy) is 2. The molecule has 2 aliphatic rings. The van der Waals surface area contributed by atoms with Crippen molar-refractivity contribution in [2.45, 2.75) is 64.0 Å². The Balaban J connectivity index is 1.08. The molecule has 4 aromatic rings. The molecule has 1 aromatic heterocycles. The van der Waals surface area contributed by atoms with Gasteiger partial charge in [0.25, 0.3) is 0 Å². The Labute approximate surface area is 288 Å². The summed E-state index contributed by atoms with van der Waals surface area (Å²) in [6.45, 7) is 2.88. The Kier molecular flexibility index (Phi) is 11.0. The van der Waals surface area contributed by atoms with Crippen LogP contribution in [0.5, 0.6) is 0 Å². The number of carbonyl (C=O) groups excluding carboxylic acids is 3. The van der Waals surface area contributed by atoms with Gasteiger partial charge in [-0.1, -0.05) is 92.2 Å². The van der Waals surface area contributed by atoms with Crippen LogP contribution in [0.3, 0.4) is 0 Å². The highest BCUT2D eigenvalue weighted by Crippen LogP contribution is 2.37. The van der Waals surface area contributed by atoms with Crippen LogP contribution in [0.25, 0.3) is 22.5 Å². The van der Waals surface area contributed by atoms with E-state index in [1.165, 1.54) is 44.8 Å². The molecule has 6 rings (SSSR count). The van der Waals surface area contributed by atoms with Gasteiger partial charge in [0.05, 0.1) is 13.0 Å². The molecule has 0 spiro atoms. The Hall–Kier alpha value is -5.05. The first-order valence-electron chi connectivity index (χ1n) is 17.3. The van der Waals surface area contributed by atoms with E-state index >= 15 is 0 Å². The summed E-state index contributed by atoms with van der Waals surface area (Å²) in [7, 11) is 1.33. The third-order valence-corrected chi connectivity index (χ3v) is 9.97. The van der Waals surface area contributed by atoms with Crippen LogP contribution in [-0.4, -0.2) is 59.1 Å². The topological polar surface area (TPSA) is 111 Å². The molecule has 1 saturated carbocycles. The van der Waals surface area contributed by atoms with Crippen LogP contribution < -0.4 is 5.32 Å². The Morgan fingerprint density at radius 2 is 1.47 bits per heavy atom. The first-order chi connectivity index (χ1) is 23.9. The van der Waals surface area contributed by atoms with Gasteiger partial charge >= 0.3 is 12.1 Å². The van der Waals surface area contributed by atoms with Crippen molar-refractivity contribution in [1.82, 2.24) is 20.2 Å². The van der Waals surface area contributed by atoms with Crippen molar-refractivity contribution in [3.8, 4) is 22.5 Å². The molecule has 2 heterocycles. The van der Waals surface area contributed by atoms with Gasteiger partial charge in [-0.05, 0) is 59.8 Å². The second-order valence-electron chi connectivity index (χ2n) is 13.2. The number of rotatable bonds is 11. The number of benzene rings is 3. The molecule has 9 nitrogen and oxygen atoms in total. The average molecular weight is 661 g/mol. The van der Waals surface area contributed by atoms with Crippen LogP contribution in [0, 0.1) is 11.8 Å². The van der Waals surface area contributed by atoms with Crippen molar-refractivity contribution in [2.24, 2.45) is 11.8 Å². The number of nitrogens with zero attached hydrogens (tertiary/aromatic N) is 3. The lowest BCUT2D eigenvalue weighted by Gasteiger charge is -2.39. The molecule has 1 aliphatic carbocycles. The number of alkyl carbamates (subject to hydrolysis) is 1. The van der Waals surface area contributed by atoms with Gasteiger partial charge in [0, 0.05) is 43.0 Å². The Morgan fingerprint density at radius 1 is 0.816 bits per heavy atom. The molecular formula is C40H44N4O5. The van der Waals surface area contributed by atoms with Gasteiger partial charge < -0.3 is 19.7 Å². The Bertz CT molecular complexity index is 1700. The molecule has 1 atom stereocenters. The van der Waals surface area contributed by atoms with Gasteiger partial charge in [-0.25, -0.2) is 14.8 Å². The predicted molar refractivity (Wildman–Crippen MR) is 187 cm³/mol. The molecule has 254 valence electrons. The van der Waals surface area contributed by atoms with Crippen LogP contribution in [0.2, 0.25) is 0 Å². The van der Waals surface area contributed by atoms with Gasteiger partial charge in [-0.3, -0.25) is 9.59 Å². The third-order valence-electron chi connectivity index (χ3n) is 9.97. The molecule has 2 fully saturated rings. The number of aromatic nitrogens is 2. The smallest absolute Gasteiger partial charge is 0.408 e. The molecule has 0 unspecified atom stereocenters. The minimum atomic E-state index is -0.874. The zero-order chi connectivity index (χ0) is 34.2. The fraction of sp³-hybridized carbons (Fsp3) is 0.375. The van der Waals surface area contributed by atoms with Crippen molar-refractivity contribution < 1.29 is 23.9 Å². The lowest BCUT2D eigenvalue weighted by Crippen LogP contribution is -2.59. The van der Waals surface area contributed by atoms with Gasteiger partial charge in [-0.15, -0.1) is 0 Å². The number of hydrogen-bond donors (Lipinski definition) is 1. The summed E-state index contributed by atoms with van der Waals surface area (Å²) in [4.78, 5) is 48.9. The van der Waals surface area contributed by atoms with Crippen molar-refractivity contribution in [1.29, 1.82) is 0 Å². The number of nitrogens with one attached hydrogen (secondary N) is 1. The molecule has 3 aromatic carbocycles. The maximum absolute atomic E-state index is 13.4. The van der Waals surface area contributed by atoms with Crippen LogP contribution in [0.4, 0.5) is 4.79 Å². The van der Waals surface area contributed by atoms with Crippen molar-refractivity contribution in [3.05, 3.63) is 108 Å². The molecule has 1 aliphatic heterocycles. The maximum atomic E-state index is 13.4. The van der Waals surface area contributed by atoms with Crippen molar-refractivity contribution >= 4 is 18.0 Å². The third kappa shape index (κ3) is 8.52. The first kappa shape index (κ1) is 33.8. The van der Waals surface area contributed by atoms with E-state index in [1.807, 2.05) is 67.0 Å². The van der Waals surface area contributed by atoms with Crippen molar-refractivity contribution in [3.63, 3.8) is 0 Å². The molecule has 1 saturated heterocycles. The Morgan fingerprint density at radius 3 is 2.10 bits per heavy atom. The second kappa shape index (κ2) is 15.9. The average Bonchev–Trinajstić information content (AvgIpc) is 3.14. The monoisotopic (exact) mass is 660 g/mol. The van der Waals surface area contributed by atoms with Crippen LogP contribution in [-0.2, 0) is 32.1 Å². The van der Waals surface area contributed by atoms with Gasteiger partial charge in [0.2, 0.25) is 5.91 Å². The lowest BCUT2D eigenvalue weighted by atomic mass is 9.78. The number of likely N-dealkylation sites (tertiary alicyclic amines) is 1. The van der Waals surface area contributed by atoms with E-state index in [1.54, 1.807) is 4.90 Å². The highest BCUT2D eigenvalue weighted by molar-refractivity contribution is 5.88. The largest absolute Gasteiger partial charge is 0.469 e. The highest BCUT2D eigenvalue weighted by atomic mass is 16.5. The summed E-state index contributed by atoms with van der Waals surface area (Å²) in [5.41, 5.74) is 6.01. The fourth-order valence-corrected chi connectivity index (χ4v) is 6.81. The number of carbonyl (C=O) groups is 3. The number of esters is 1. The van der Waals surface area contributed by atoms with Crippen molar-refractivity contribution in [2.75, 3.05) is 20.2 Å². The van der Waals surface area contributed by atoms with E-state index in [0.717, 1.165) is 33.7 Å². The molecule has 1 N–H and O–H groups in total. The second-order valence-corrected chi connectivity index (χ2v) is 13.2. The highest BCUT2D eigenvalue weighted by Gasteiger charge is 2.39. The standard InChI is InChI=1S/C40H44N4O5/c1-3-27-9-13-30(14-10-27)31-17-19-32(20-18-31)34-22-41-37(42-23-34)33-15-11-28(12-16-33)21-36(38(45)44-24-35(25-44)39(46)48-2)43-40(47)49-26-29-7-5-4-6-8-29/h4-8,11-12,15-20,22-23,27,30,35-36H,3,9-10,13-14,21,24-26H2,1-2H3,(H,43,47)/t27?,30?,36-/m0/s1. The molecule has 0 bridgehead atoms. The minimum Gasteiger partial charge on any atom is -0.469 e. The summed E-state index contributed by atoms with van der Waals surface area (Å²) in [6.07, 6.45) is 9.77. The summed E-state index contributed by atoms with van der Waals surface area (Å²) < 4.78 is 10.2. The van der Waals surface area contributed by atoms with E-state index in [4.69, 9.17) is 9.47 Å². The first-order valence-corrected chi connectivity index (χ1v) is 17.3. The molecule has 9 heteroatoms. The van der Waals surface area contributed by atoms with E-state index in [0.29, 0.717) is 11.7 Å². The number of amides is 2. The van der Waals surface area contributed by atoms with Crippen LogP contribution >= 0.6 is 0 Å². The predicted octanol–water partition coefficient (Wildman–Crippen LogP) is 6.96. The summed E-state index contributed by atoms with van der Waals surface area (Å²) in [6, 6.07) is 25.0. The van der Waals surface area contributed by atoms with E-state index < -0.39 is 12.1 Å². The lowest BCUT2D eigenvalue weighted by molar-refractivity contribution is -0.156. The fourth-order valence-electron chi connectivity index (χ4n) is 6.81. The number of hydrogen-bond acceptors (Lipinski definition) is 7. The molecule has 2 amide bonds. The van der Waals surface area contributed by atoms with E-state index in [2.05, 4.69) is 46.5 Å². The van der Waals surface area contributed by atoms with Gasteiger partial charge in [-0.2, -0.15) is 0 Å². The van der Waals surface area contributed by atoms with Gasteiger partial charge in [0.1, 0.15) is 12.6 Å². The van der Waals surface area contributed by atoms with Gasteiger partial charge in [0.15, 0.2) is 5.82 Å². The van der Waals surface area contributed by atoms with E-state index in [9.17, 15) is 14.4 Å². The molecule has 49 heavy (non-hydrogen) atoms. The summed E-state index contributed by atoms with van der Waals surface area (Å²) in [5, 5.41) is 2.74. The molecule has 0 radical (unpaired) electrons.